The number of nitrogens with zero attached hydrogens (tertiary/aromatic N) is 1. The van der Waals surface area contributed by atoms with Crippen molar-refractivity contribution in [3.8, 4) is 0 Å². The van der Waals surface area contributed by atoms with Gasteiger partial charge in [0, 0.05) is 6.20 Å². The van der Waals surface area contributed by atoms with Crippen LogP contribution in [0.2, 0.25) is 0 Å². The van der Waals surface area contributed by atoms with E-state index >= 15 is 0 Å². The second-order valence-corrected chi connectivity index (χ2v) is 4.47. The van der Waals surface area contributed by atoms with Crippen LogP contribution in [-0.2, 0) is 4.79 Å². The number of aromatic nitrogens is 1. The van der Waals surface area contributed by atoms with E-state index in [0.29, 0.717) is 5.56 Å². The summed E-state index contributed by atoms with van der Waals surface area (Å²) in [7, 11) is 0. The average Bonchev–Trinajstić information content (AvgIpc) is 2.47. The van der Waals surface area contributed by atoms with Crippen molar-refractivity contribution >= 4 is 29.2 Å². The summed E-state index contributed by atoms with van der Waals surface area (Å²) in [6.07, 6.45) is 2.56. The highest BCUT2D eigenvalue weighted by Gasteiger charge is 2.17. The highest BCUT2D eigenvalue weighted by atomic mass is 35.5. The molecule has 0 radical (unpaired) electrons. The molecule has 5 nitrogen and oxygen atoms in total. The molecule has 0 fully saturated rings. The molecular weight excluding hydrogens is 280 g/mol. The van der Waals surface area contributed by atoms with Gasteiger partial charge in [0.1, 0.15) is 5.38 Å². The molecule has 1 aromatic heterocycles. The molecule has 0 spiro atoms. The number of anilines is 1. The smallest absolute Gasteiger partial charge is 0.337 e. The number of hydrogen-bond donors (Lipinski definition) is 2. The summed E-state index contributed by atoms with van der Waals surface area (Å²) < 4.78 is 0. The van der Waals surface area contributed by atoms with Gasteiger partial charge in [-0.1, -0.05) is 30.3 Å². The Morgan fingerprint density at radius 1 is 1.20 bits per heavy atom. The summed E-state index contributed by atoms with van der Waals surface area (Å²) in [5, 5.41) is 10.5. The minimum atomic E-state index is -1.11. The van der Waals surface area contributed by atoms with E-state index in [9.17, 15) is 9.59 Å². The second-order valence-electron chi connectivity index (χ2n) is 4.03. The molecule has 0 saturated carbocycles. The summed E-state index contributed by atoms with van der Waals surface area (Å²) in [6, 6.07) is 10.2. The topological polar surface area (TPSA) is 79.3 Å². The minimum Gasteiger partial charge on any atom is -0.478 e. The summed E-state index contributed by atoms with van der Waals surface area (Å²) in [5.41, 5.74) is 0.944. The molecule has 1 heterocycles. The fourth-order valence-electron chi connectivity index (χ4n) is 1.60. The number of hydrogen-bond acceptors (Lipinski definition) is 3. The fourth-order valence-corrected chi connectivity index (χ4v) is 1.80. The quantitative estimate of drug-likeness (QED) is 0.849. The predicted octanol–water partition coefficient (Wildman–Crippen LogP) is 2.70. The van der Waals surface area contributed by atoms with Gasteiger partial charge in [0.15, 0.2) is 0 Å². The van der Waals surface area contributed by atoms with Crippen molar-refractivity contribution in [2.45, 2.75) is 5.38 Å². The normalized spacial score (nSPS) is 11.7. The van der Waals surface area contributed by atoms with Crippen molar-refractivity contribution < 1.29 is 14.7 Å². The third-order valence-electron chi connectivity index (χ3n) is 2.58. The maximum atomic E-state index is 12.0. The first-order valence-electron chi connectivity index (χ1n) is 5.76. The number of rotatable bonds is 4. The van der Waals surface area contributed by atoms with Crippen LogP contribution in [0.3, 0.4) is 0 Å². The highest BCUT2D eigenvalue weighted by molar-refractivity contribution is 6.32. The molecule has 0 aliphatic heterocycles. The van der Waals surface area contributed by atoms with Gasteiger partial charge in [-0.2, -0.15) is 0 Å². The Bertz CT molecular complexity index is 631. The number of carboxylic acids is 1. The Kier molecular flexibility index (Phi) is 4.32. The zero-order chi connectivity index (χ0) is 14.5. The van der Waals surface area contributed by atoms with Crippen LogP contribution in [0.25, 0.3) is 0 Å². The van der Waals surface area contributed by atoms with Gasteiger partial charge >= 0.3 is 5.97 Å². The Hall–Kier alpha value is -2.40. The van der Waals surface area contributed by atoms with E-state index in [0.717, 1.165) is 0 Å². The minimum absolute atomic E-state index is 0.00589. The molecule has 2 aromatic rings. The highest BCUT2D eigenvalue weighted by Crippen LogP contribution is 2.22. The maximum absolute atomic E-state index is 12.0. The zero-order valence-corrected chi connectivity index (χ0v) is 11.0. The van der Waals surface area contributed by atoms with Crippen LogP contribution < -0.4 is 5.32 Å². The Labute approximate surface area is 120 Å². The third kappa shape index (κ3) is 3.33. The number of carbonyl (C=O) groups is 2. The molecule has 1 aromatic carbocycles. The first kappa shape index (κ1) is 14.0. The molecular formula is C14H11ClN2O3. The van der Waals surface area contributed by atoms with Crippen molar-refractivity contribution in [3.05, 3.63) is 59.9 Å². The average molecular weight is 291 g/mol. The number of aromatic carboxylic acids is 1. The molecule has 6 heteroatoms. The number of carbonyl (C=O) groups excluding carboxylic acids is 1. The second kappa shape index (κ2) is 6.16. The summed E-state index contributed by atoms with van der Waals surface area (Å²) in [5.74, 6) is -1.55. The first-order valence-corrected chi connectivity index (χ1v) is 6.20. The lowest BCUT2D eigenvalue weighted by Gasteiger charge is -2.10. The van der Waals surface area contributed by atoms with Gasteiger partial charge < -0.3 is 10.4 Å². The monoisotopic (exact) mass is 290 g/mol. The van der Waals surface area contributed by atoms with E-state index in [-0.39, 0.29) is 11.3 Å². The molecule has 1 atom stereocenters. The van der Waals surface area contributed by atoms with E-state index in [1.807, 2.05) is 6.07 Å². The molecule has 0 bridgehead atoms. The van der Waals surface area contributed by atoms with E-state index in [4.69, 9.17) is 16.7 Å². The van der Waals surface area contributed by atoms with Gasteiger partial charge in [0.2, 0.25) is 5.91 Å². The summed E-state index contributed by atoms with van der Waals surface area (Å²) >= 11 is 6.06. The number of amides is 1. The number of carboxylic acid groups (broad SMARTS) is 1. The van der Waals surface area contributed by atoms with Crippen molar-refractivity contribution in [2.75, 3.05) is 5.32 Å². The lowest BCUT2D eigenvalue weighted by molar-refractivity contribution is -0.116. The number of pyridine rings is 1. The molecule has 102 valence electrons. The molecule has 0 aliphatic rings. The van der Waals surface area contributed by atoms with Gasteiger partial charge in [0.25, 0.3) is 0 Å². The molecule has 2 rings (SSSR count). The van der Waals surface area contributed by atoms with Gasteiger partial charge in [0.05, 0.1) is 17.4 Å². The molecule has 20 heavy (non-hydrogen) atoms. The largest absolute Gasteiger partial charge is 0.478 e. The van der Waals surface area contributed by atoms with Crippen LogP contribution in [0.1, 0.15) is 21.3 Å². The lowest BCUT2D eigenvalue weighted by atomic mass is 10.1. The zero-order valence-electron chi connectivity index (χ0n) is 10.3. The Morgan fingerprint density at radius 2 is 1.90 bits per heavy atom. The van der Waals surface area contributed by atoms with E-state index in [2.05, 4.69) is 10.3 Å². The van der Waals surface area contributed by atoms with Crippen LogP contribution in [0.5, 0.6) is 0 Å². The SMILES string of the molecule is O=C(O)c1cncc(NC(=O)C(Cl)c2ccccc2)c1. The lowest BCUT2D eigenvalue weighted by Crippen LogP contribution is -2.17. The molecule has 0 saturated heterocycles. The van der Waals surface area contributed by atoms with Crippen molar-refractivity contribution in [2.24, 2.45) is 0 Å². The number of benzene rings is 1. The standard InChI is InChI=1S/C14H11ClN2O3/c15-12(9-4-2-1-3-5-9)13(18)17-11-6-10(14(19)20)7-16-8-11/h1-8,12H,(H,17,18)(H,19,20). The molecule has 0 aliphatic carbocycles. The van der Waals surface area contributed by atoms with E-state index < -0.39 is 17.3 Å². The summed E-state index contributed by atoms with van der Waals surface area (Å²) in [6.45, 7) is 0. The van der Waals surface area contributed by atoms with Crippen LogP contribution in [-0.4, -0.2) is 22.0 Å². The van der Waals surface area contributed by atoms with Crippen LogP contribution in [0.4, 0.5) is 5.69 Å². The van der Waals surface area contributed by atoms with Crippen molar-refractivity contribution in [3.63, 3.8) is 0 Å². The van der Waals surface area contributed by atoms with Gasteiger partial charge in [-0.25, -0.2) is 4.79 Å². The van der Waals surface area contributed by atoms with E-state index in [1.165, 1.54) is 18.5 Å². The Balaban J connectivity index is 2.12. The first-order chi connectivity index (χ1) is 9.58. The fraction of sp³-hybridized carbons (Fsp3) is 0.0714. The van der Waals surface area contributed by atoms with Gasteiger partial charge in [-0.05, 0) is 11.6 Å². The molecule has 1 amide bonds. The maximum Gasteiger partial charge on any atom is 0.337 e. The number of halogens is 1. The van der Waals surface area contributed by atoms with Crippen LogP contribution >= 0.6 is 11.6 Å². The van der Waals surface area contributed by atoms with Crippen LogP contribution in [0.15, 0.2) is 48.8 Å². The Morgan fingerprint density at radius 3 is 2.55 bits per heavy atom. The molecule has 2 N–H and O–H groups in total. The van der Waals surface area contributed by atoms with Gasteiger partial charge in [-0.3, -0.25) is 9.78 Å². The van der Waals surface area contributed by atoms with Gasteiger partial charge in [-0.15, -0.1) is 11.6 Å². The van der Waals surface area contributed by atoms with Crippen molar-refractivity contribution in [1.82, 2.24) is 4.98 Å². The predicted molar refractivity (Wildman–Crippen MR) is 74.9 cm³/mol. The van der Waals surface area contributed by atoms with E-state index in [1.54, 1.807) is 24.3 Å². The summed E-state index contributed by atoms with van der Waals surface area (Å²) in [4.78, 5) is 26.5. The molecule has 1 unspecified atom stereocenters. The number of alkyl halides is 1. The van der Waals surface area contributed by atoms with Crippen molar-refractivity contribution in [1.29, 1.82) is 0 Å². The third-order valence-corrected chi connectivity index (χ3v) is 3.03. The number of nitrogens with one attached hydrogen (secondary N) is 1. The van der Waals surface area contributed by atoms with Crippen LogP contribution in [0, 0.1) is 0 Å².